The lowest BCUT2D eigenvalue weighted by Crippen LogP contribution is -2.52. The van der Waals surface area contributed by atoms with Crippen LogP contribution in [0.3, 0.4) is 0 Å². The maximum Gasteiger partial charge on any atom is 0.308 e. The predicted molar refractivity (Wildman–Crippen MR) is 169 cm³/mol. The van der Waals surface area contributed by atoms with Gasteiger partial charge in [0.05, 0.1) is 19.6 Å². The van der Waals surface area contributed by atoms with Crippen LogP contribution in [0.2, 0.25) is 0 Å². The van der Waals surface area contributed by atoms with Crippen LogP contribution in [0.5, 0.6) is 5.75 Å². The minimum absolute atomic E-state index is 0.00249. The Morgan fingerprint density at radius 2 is 1.92 bits per heavy atom. The largest absolute Gasteiger partial charge is 0.482 e. The smallest absolute Gasteiger partial charge is 0.308 e. The van der Waals surface area contributed by atoms with Crippen molar-refractivity contribution < 1.29 is 42.2 Å². The molecule has 4 heterocycles. The molecule has 2 aromatic rings. The van der Waals surface area contributed by atoms with Crippen molar-refractivity contribution in [2.75, 3.05) is 20.4 Å². The van der Waals surface area contributed by atoms with E-state index < -0.39 is 64.6 Å². The van der Waals surface area contributed by atoms with Gasteiger partial charge in [0.1, 0.15) is 17.2 Å². The quantitative estimate of drug-likeness (QED) is 0.179. The number of carbonyl (C=O) groups excluding carboxylic acids is 3. The lowest BCUT2D eigenvalue weighted by Gasteiger charge is -2.42. The first-order valence-electron chi connectivity index (χ1n) is 16.5. The average Bonchev–Trinajstić information content (AvgIpc) is 3.45. The van der Waals surface area contributed by atoms with Crippen LogP contribution in [-0.4, -0.2) is 65.2 Å². The Kier molecular flexibility index (Phi) is 11.0. The van der Waals surface area contributed by atoms with Crippen LogP contribution in [-0.2, 0) is 25.7 Å². The van der Waals surface area contributed by atoms with Gasteiger partial charge in [-0.3, -0.25) is 19.2 Å². The molecule has 14 heteroatoms. The molecule has 2 amide bonds. The monoisotopic (exact) mass is 672 g/mol. The summed E-state index contributed by atoms with van der Waals surface area (Å²) < 4.78 is 45.6. The topological polar surface area (TPSA) is 138 Å². The van der Waals surface area contributed by atoms with E-state index >= 15 is 0 Å². The van der Waals surface area contributed by atoms with Crippen LogP contribution < -0.4 is 15.5 Å². The van der Waals surface area contributed by atoms with E-state index in [1.807, 2.05) is 6.92 Å². The first-order chi connectivity index (χ1) is 23.1. The Labute approximate surface area is 277 Å². The van der Waals surface area contributed by atoms with Crippen molar-refractivity contribution in [3.8, 4) is 5.75 Å². The fourth-order valence-corrected chi connectivity index (χ4v) is 6.52. The van der Waals surface area contributed by atoms with E-state index in [2.05, 4.69) is 17.4 Å². The van der Waals surface area contributed by atoms with E-state index in [-0.39, 0.29) is 43.2 Å². The van der Waals surface area contributed by atoms with E-state index in [1.54, 1.807) is 4.90 Å². The van der Waals surface area contributed by atoms with Crippen molar-refractivity contribution in [3.63, 3.8) is 0 Å². The molecular formula is C34H42F2N4O8. The summed E-state index contributed by atoms with van der Waals surface area (Å²) in [5.74, 6) is -3.62. The number of amides is 2. The second-order valence-electron chi connectivity index (χ2n) is 12.6. The zero-order valence-corrected chi connectivity index (χ0v) is 27.5. The minimum atomic E-state index is -0.968. The number of halogens is 2. The van der Waals surface area contributed by atoms with Gasteiger partial charge in [-0.25, -0.2) is 8.78 Å². The van der Waals surface area contributed by atoms with Crippen molar-refractivity contribution in [1.82, 2.24) is 14.8 Å². The number of hydrogen-bond donors (Lipinski definition) is 1. The molecule has 1 spiro atoms. The predicted octanol–water partition coefficient (Wildman–Crippen LogP) is 4.98. The zero-order chi connectivity index (χ0) is 34.4. The molecule has 5 rings (SSSR count). The highest BCUT2D eigenvalue weighted by Crippen LogP contribution is 2.46. The number of pyridine rings is 1. The summed E-state index contributed by atoms with van der Waals surface area (Å²) in [6, 6.07) is 2.09. The second kappa shape index (κ2) is 15.2. The fourth-order valence-electron chi connectivity index (χ4n) is 6.52. The number of nitrogens with zero attached hydrogens (tertiary/aromatic N) is 3. The molecule has 0 unspecified atom stereocenters. The Hall–Kier alpha value is -4.49. The highest BCUT2D eigenvalue weighted by Gasteiger charge is 2.55. The molecule has 3 aliphatic rings. The van der Waals surface area contributed by atoms with E-state index in [4.69, 9.17) is 19.0 Å². The molecule has 3 aliphatic heterocycles. The van der Waals surface area contributed by atoms with Gasteiger partial charge < -0.3 is 33.8 Å². The van der Waals surface area contributed by atoms with Crippen LogP contribution >= 0.6 is 0 Å². The summed E-state index contributed by atoms with van der Waals surface area (Å²) in [6.07, 6.45) is 8.69. The Morgan fingerprint density at radius 3 is 2.65 bits per heavy atom. The lowest BCUT2D eigenvalue weighted by atomic mass is 9.85. The van der Waals surface area contributed by atoms with E-state index in [0.29, 0.717) is 31.2 Å². The molecular weight excluding hydrogens is 630 g/mol. The second-order valence-corrected chi connectivity index (χ2v) is 12.6. The third kappa shape index (κ3) is 7.31. The Morgan fingerprint density at radius 1 is 1.15 bits per heavy atom. The van der Waals surface area contributed by atoms with Crippen LogP contribution in [0.4, 0.5) is 8.78 Å². The number of ether oxygens (including phenoxy) is 3. The number of carbonyl (C=O) groups is 3. The third-order valence-electron chi connectivity index (χ3n) is 9.36. The maximum atomic E-state index is 14.3. The van der Waals surface area contributed by atoms with Gasteiger partial charge in [-0.2, -0.15) is 0 Å². The molecule has 1 aromatic carbocycles. The number of rotatable bonds is 13. The van der Waals surface area contributed by atoms with Crippen molar-refractivity contribution in [2.24, 2.45) is 5.16 Å². The average molecular weight is 673 g/mol. The van der Waals surface area contributed by atoms with Gasteiger partial charge in [0.2, 0.25) is 23.9 Å². The number of oxime groups is 1. The van der Waals surface area contributed by atoms with Gasteiger partial charge in [0.25, 0.3) is 11.8 Å². The standard InChI is InChI=1S/C34H42F2N4O8/c1-4-5-6-7-8-9-10-28(41)46-20-47-31-29-33(44)39-19-26(34(14-13-21(39)2)16-27(45-3)38-48-34)40(29)18-24(30(31)42)32(43)37-17-22-11-12-23(35)15-25(22)36/h11-12,15,18,21,26H,4-10,13-14,16-17,19-20H2,1-3H3,(H,37,43)/t21-,26+,34-/m0/s1. The summed E-state index contributed by atoms with van der Waals surface area (Å²) in [4.78, 5) is 61.5. The van der Waals surface area contributed by atoms with Crippen molar-refractivity contribution in [3.05, 3.63) is 63.1 Å². The van der Waals surface area contributed by atoms with Gasteiger partial charge in [-0.15, -0.1) is 0 Å². The van der Waals surface area contributed by atoms with Crippen LogP contribution in [0.25, 0.3) is 0 Å². The van der Waals surface area contributed by atoms with Crippen LogP contribution in [0.1, 0.15) is 111 Å². The number of esters is 1. The number of methoxy groups -OCH3 is 1. The van der Waals surface area contributed by atoms with Crippen molar-refractivity contribution in [1.29, 1.82) is 0 Å². The number of benzene rings is 1. The summed E-state index contributed by atoms with van der Waals surface area (Å²) in [5.41, 5.74) is -2.39. The van der Waals surface area contributed by atoms with Crippen molar-refractivity contribution in [2.45, 2.75) is 102 Å². The molecule has 3 atom stereocenters. The molecule has 1 fully saturated rings. The number of unbranched alkanes of at least 4 members (excludes halogenated alkanes) is 5. The summed E-state index contributed by atoms with van der Waals surface area (Å²) in [6.45, 7) is 3.22. The molecule has 0 radical (unpaired) electrons. The molecule has 1 aromatic heterocycles. The van der Waals surface area contributed by atoms with Gasteiger partial charge in [0.15, 0.2) is 11.3 Å². The number of hydrogen-bond acceptors (Lipinski definition) is 9. The minimum Gasteiger partial charge on any atom is -0.482 e. The molecule has 260 valence electrons. The number of fused-ring (bicyclic) bond motifs is 5. The highest BCUT2D eigenvalue weighted by molar-refractivity contribution is 5.99. The zero-order valence-electron chi connectivity index (χ0n) is 27.5. The van der Waals surface area contributed by atoms with E-state index in [1.165, 1.54) is 23.9 Å². The van der Waals surface area contributed by atoms with Gasteiger partial charge in [0, 0.05) is 43.4 Å². The number of nitrogens with one attached hydrogen (secondary N) is 1. The highest BCUT2D eigenvalue weighted by atomic mass is 19.1. The van der Waals surface area contributed by atoms with Gasteiger partial charge in [-0.05, 0) is 32.3 Å². The normalized spacial score (nSPS) is 21.2. The Bertz CT molecular complexity index is 1630. The first kappa shape index (κ1) is 34.8. The summed E-state index contributed by atoms with van der Waals surface area (Å²) in [5, 5.41) is 6.62. The molecule has 2 bridgehead atoms. The SMILES string of the molecule is CCCCCCCCC(=O)OCOc1c2n(cc(C(=O)NCc3ccc(F)cc3F)c1=O)[C@@H]1CN(C2=O)[C@@H](C)CC[C@]12CC(OC)=NO2. The maximum absolute atomic E-state index is 14.3. The lowest BCUT2D eigenvalue weighted by molar-refractivity contribution is -0.150. The first-order valence-corrected chi connectivity index (χ1v) is 16.5. The Balaban J connectivity index is 1.46. The summed E-state index contributed by atoms with van der Waals surface area (Å²) >= 11 is 0. The van der Waals surface area contributed by atoms with Gasteiger partial charge in [-0.1, -0.05) is 50.2 Å². The fraction of sp³-hybridized carbons (Fsp3) is 0.559. The van der Waals surface area contributed by atoms with Crippen LogP contribution in [0.15, 0.2) is 34.3 Å². The number of aromatic nitrogens is 1. The molecule has 1 saturated heterocycles. The summed E-state index contributed by atoms with van der Waals surface area (Å²) in [7, 11) is 1.48. The van der Waals surface area contributed by atoms with Crippen molar-refractivity contribution >= 4 is 23.7 Å². The molecule has 12 nitrogen and oxygen atoms in total. The molecule has 48 heavy (non-hydrogen) atoms. The van der Waals surface area contributed by atoms with Gasteiger partial charge >= 0.3 is 5.97 Å². The third-order valence-corrected chi connectivity index (χ3v) is 9.36. The molecule has 1 N–H and O–H groups in total. The van der Waals surface area contributed by atoms with Crippen LogP contribution in [0, 0.1) is 11.6 Å². The van der Waals surface area contributed by atoms with E-state index in [9.17, 15) is 28.0 Å². The molecule has 0 aliphatic carbocycles. The van der Waals surface area contributed by atoms with E-state index in [0.717, 1.165) is 38.2 Å². The molecule has 0 saturated carbocycles.